The van der Waals surface area contributed by atoms with Gasteiger partial charge in [-0.3, -0.25) is 19.7 Å². The Kier molecular flexibility index (Phi) is 4.21. The monoisotopic (exact) mass is 292 g/mol. The second kappa shape index (κ2) is 5.90. The van der Waals surface area contributed by atoms with Gasteiger partial charge in [-0.05, 0) is 37.3 Å². The van der Waals surface area contributed by atoms with Crippen LogP contribution in [0.5, 0.6) is 0 Å². The van der Waals surface area contributed by atoms with Crippen LogP contribution in [0.25, 0.3) is 0 Å². The molecule has 1 aliphatic carbocycles. The van der Waals surface area contributed by atoms with Crippen LogP contribution in [0.1, 0.15) is 28.8 Å². The molecule has 1 fully saturated rings. The van der Waals surface area contributed by atoms with Gasteiger partial charge >= 0.3 is 5.97 Å². The van der Waals surface area contributed by atoms with Gasteiger partial charge in [0, 0.05) is 12.6 Å². The molecule has 1 amide bonds. The van der Waals surface area contributed by atoms with E-state index in [9.17, 15) is 19.7 Å². The van der Waals surface area contributed by atoms with Gasteiger partial charge in [0.15, 0.2) is 0 Å². The Balaban J connectivity index is 2.32. The number of benzene rings is 1. The number of carboxylic acids is 1. The van der Waals surface area contributed by atoms with Gasteiger partial charge < -0.3 is 10.0 Å². The van der Waals surface area contributed by atoms with E-state index in [0.29, 0.717) is 18.0 Å². The van der Waals surface area contributed by atoms with Crippen molar-refractivity contribution in [2.75, 3.05) is 13.1 Å². The molecule has 0 spiro atoms. The summed E-state index contributed by atoms with van der Waals surface area (Å²) in [6.07, 6.45) is 1.92. The van der Waals surface area contributed by atoms with Crippen LogP contribution >= 0.6 is 0 Å². The fourth-order valence-electron chi connectivity index (χ4n) is 2.15. The van der Waals surface area contributed by atoms with Crippen molar-refractivity contribution in [2.24, 2.45) is 5.92 Å². The molecule has 0 aromatic heterocycles. The minimum absolute atomic E-state index is 0.0538. The number of carbonyl (C=O) groups excluding carboxylic acids is 1. The van der Waals surface area contributed by atoms with Gasteiger partial charge in [0.05, 0.1) is 4.92 Å². The van der Waals surface area contributed by atoms with E-state index < -0.39 is 23.3 Å². The SMILES string of the molecule is Cc1ccc([N+](=O)[O-])c(C(=O)N(CC(=O)O)CC2CC2)c1. The number of nitro groups is 1. The van der Waals surface area contributed by atoms with Crippen LogP contribution in [0.15, 0.2) is 18.2 Å². The lowest BCUT2D eigenvalue weighted by Gasteiger charge is -2.20. The molecule has 2 rings (SSSR count). The molecule has 7 nitrogen and oxygen atoms in total. The Bertz CT molecular complexity index is 595. The van der Waals surface area contributed by atoms with Gasteiger partial charge in [-0.2, -0.15) is 0 Å². The number of hydrogen-bond acceptors (Lipinski definition) is 4. The zero-order chi connectivity index (χ0) is 15.6. The van der Waals surface area contributed by atoms with Crippen molar-refractivity contribution in [3.8, 4) is 0 Å². The summed E-state index contributed by atoms with van der Waals surface area (Å²) in [6.45, 7) is 1.61. The normalized spacial score (nSPS) is 13.8. The van der Waals surface area contributed by atoms with Crippen LogP contribution < -0.4 is 0 Å². The van der Waals surface area contributed by atoms with E-state index in [0.717, 1.165) is 12.8 Å². The molecular formula is C14H16N2O5. The maximum atomic E-state index is 12.5. The lowest BCUT2D eigenvalue weighted by Crippen LogP contribution is -2.37. The Morgan fingerprint density at radius 1 is 1.43 bits per heavy atom. The van der Waals surface area contributed by atoms with Crippen molar-refractivity contribution >= 4 is 17.6 Å². The number of aliphatic carboxylic acids is 1. The van der Waals surface area contributed by atoms with Gasteiger partial charge in [0.25, 0.3) is 11.6 Å². The number of nitrogens with zero attached hydrogens (tertiary/aromatic N) is 2. The number of carbonyl (C=O) groups is 2. The van der Waals surface area contributed by atoms with Crippen molar-refractivity contribution < 1.29 is 19.6 Å². The van der Waals surface area contributed by atoms with E-state index in [4.69, 9.17) is 5.11 Å². The highest BCUT2D eigenvalue weighted by atomic mass is 16.6. The van der Waals surface area contributed by atoms with Gasteiger partial charge in [-0.15, -0.1) is 0 Å². The number of amides is 1. The highest BCUT2D eigenvalue weighted by Crippen LogP contribution is 2.31. The van der Waals surface area contributed by atoms with E-state index in [-0.39, 0.29) is 11.3 Å². The summed E-state index contributed by atoms with van der Waals surface area (Å²) in [6, 6.07) is 4.26. The van der Waals surface area contributed by atoms with Crippen LogP contribution in [-0.4, -0.2) is 39.9 Å². The molecule has 1 aromatic rings. The second-order valence-corrected chi connectivity index (χ2v) is 5.30. The smallest absolute Gasteiger partial charge is 0.323 e. The summed E-state index contributed by atoms with van der Waals surface area (Å²) in [4.78, 5) is 35.0. The summed E-state index contributed by atoms with van der Waals surface area (Å²) in [5.74, 6) is -1.42. The summed E-state index contributed by atoms with van der Waals surface area (Å²) in [5, 5.41) is 20.0. The predicted molar refractivity (Wildman–Crippen MR) is 74.1 cm³/mol. The minimum Gasteiger partial charge on any atom is -0.480 e. The number of hydrogen-bond donors (Lipinski definition) is 1. The molecule has 0 unspecified atom stereocenters. The first kappa shape index (κ1) is 15.0. The summed E-state index contributed by atoms with van der Waals surface area (Å²) >= 11 is 0. The van der Waals surface area contributed by atoms with Crippen LogP contribution in [0.2, 0.25) is 0 Å². The third-order valence-corrected chi connectivity index (χ3v) is 3.37. The predicted octanol–water partition coefficient (Wildman–Crippen LogP) is 1.84. The molecule has 0 aliphatic heterocycles. The Labute approximate surface area is 121 Å². The third kappa shape index (κ3) is 3.77. The molecular weight excluding hydrogens is 276 g/mol. The molecule has 1 aromatic carbocycles. The summed E-state index contributed by atoms with van der Waals surface area (Å²) in [5.41, 5.74) is 0.365. The number of aryl methyl sites for hydroxylation is 1. The second-order valence-electron chi connectivity index (χ2n) is 5.30. The Morgan fingerprint density at radius 2 is 2.10 bits per heavy atom. The Hall–Kier alpha value is -2.44. The van der Waals surface area contributed by atoms with Crippen LogP contribution in [0.3, 0.4) is 0 Å². The van der Waals surface area contributed by atoms with E-state index >= 15 is 0 Å². The van der Waals surface area contributed by atoms with Gasteiger partial charge in [-0.1, -0.05) is 6.07 Å². The maximum absolute atomic E-state index is 12.5. The quantitative estimate of drug-likeness (QED) is 0.636. The summed E-state index contributed by atoms with van der Waals surface area (Å²) in [7, 11) is 0. The summed E-state index contributed by atoms with van der Waals surface area (Å²) < 4.78 is 0. The van der Waals surface area contributed by atoms with Crippen LogP contribution in [-0.2, 0) is 4.79 Å². The maximum Gasteiger partial charge on any atom is 0.323 e. The largest absolute Gasteiger partial charge is 0.480 e. The fraction of sp³-hybridized carbons (Fsp3) is 0.429. The lowest BCUT2D eigenvalue weighted by molar-refractivity contribution is -0.385. The van der Waals surface area contributed by atoms with Crippen molar-refractivity contribution in [2.45, 2.75) is 19.8 Å². The van der Waals surface area contributed by atoms with E-state index in [1.165, 1.54) is 17.0 Å². The van der Waals surface area contributed by atoms with E-state index in [1.54, 1.807) is 13.0 Å². The number of nitro benzene ring substituents is 1. The number of carboxylic acid groups (broad SMARTS) is 1. The minimum atomic E-state index is -1.13. The average molecular weight is 292 g/mol. The molecule has 7 heteroatoms. The molecule has 1 aliphatic rings. The molecule has 0 saturated heterocycles. The zero-order valence-corrected chi connectivity index (χ0v) is 11.6. The molecule has 21 heavy (non-hydrogen) atoms. The van der Waals surface area contributed by atoms with Gasteiger partial charge in [0.2, 0.25) is 0 Å². The van der Waals surface area contributed by atoms with Crippen LogP contribution in [0.4, 0.5) is 5.69 Å². The average Bonchev–Trinajstić information content (AvgIpc) is 3.20. The van der Waals surface area contributed by atoms with Crippen molar-refractivity contribution in [1.82, 2.24) is 4.90 Å². The van der Waals surface area contributed by atoms with E-state index in [2.05, 4.69) is 0 Å². The molecule has 112 valence electrons. The van der Waals surface area contributed by atoms with Gasteiger partial charge in [0.1, 0.15) is 12.1 Å². The highest BCUT2D eigenvalue weighted by molar-refractivity contribution is 5.99. The first-order valence-corrected chi connectivity index (χ1v) is 6.64. The lowest BCUT2D eigenvalue weighted by atomic mass is 10.1. The molecule has 1 saturated carbocycles. The standard InChI is InChI=1S/C14H16N2O5/c1-9-2-5-12(16(20)21)11(6-9)14(19)15(8-13(17)18)7-10-3-4-10/h2,5-6,10H,3-4,7-8H2,1H3,(H,17,18). The topological polar surface area (TPSA) is 101 Å². The fourth-order valence-corrected chi connectivity index (χ4v) is 2.15. The number of rotatable bonds is 6. The van der Waals surface area contributed by atoms with Gasteiger partial charge in [-0.25, -0.2) is 0 Å². The van der Waals surface area contributed by atoms with Crippen LogP contribution in [0, 0.1) is 23.0 Å². The molecule has 0 heterocycles. The zero-order valence-electron chi connectivity index (χ0n) is 11.6. The first-order chi connectivity index (χ1) is 9.88. The van der Waals surface area contributed by atoms with Crippen molar-refractivity contribution in [3.63, 3.8) is 0 Å². The molecule has 1 N–H and O–H groups in total. The van der Waals surface area contributed by atoms with Crippen molar-refractivity contribution in [1.29, 1.82) is 0 Å². The van der Waals surface area contributed by atoms with Crippen molar-refractivity contribution in [3.05, 3.63) is 39.4 Å². The molecule has 0 radical (unpaired) electrons. The first-order valence-electron chi connectivity index (χ1n) is 6.64. The third-order valence-electron chi connectivity index (χ3n) is 3.37. The molecule has 0 atom stereocenters. The Morgan fingerprint density at radius 3 is 2.62 bits per heavy atom. The highest BCUT2D eigenvalue weighted by Gasteiger charge is 2.31. The van der Waals surface area contributed by atoms with E-state index in [1.807, 2.05) is 0 Å². The molecule has 0 bridgehead atoms.